The monoisotopic (exact) mass is 258 g/mol. The molecule has 0 aromatic carbocycles. The van der Waals surface area contributed by atoms with E-state index in [1.165, 1.54) is 14.2 Å². The molecular formula is C12H22N2O4. The number of methoxy groups -OCH3 is 2. The maximum absolute atomic E-state index is 12.3. The van der Waals surface area contributed by atoms with E-state index in [0.717, 1.165) is 32.4 Å². The number of carbonyl (C=O) groups excluding carboxylic acids is 2. The Kier molecular flexibility index (Phi) is 5.91. The topological polar surface area (TPSA) is 67.9 Å². The zero-order valence-electron chi connectivity index (χ0n) is 11.3. The van der Waals surface area contributed by atoms with Gasteiger partial charge in [-0.25, -0.2) is 4.79 Å². The summed E-state index contributed by atoms with van der Waals surface area (Å²) in [6, 6.07) is -0.694. The normalized spacial score (nSPS) is 18.9. The molecule has 1 saturated heterocycles. The van der Waals surface area contributed by atoms with Crippen LogP contribution in [0.3, 0.4) is 0 Å². The predicted octanol–water partition coefficient (Wildman–Crippen LogP) is 0.758. The molecule has 1 aliphatic rings. The van der Waals surface area contributed by atoms with Crippen LogP contribution in [-0.4, -0.2) is 56.4 Å². The molecular weight excluding hydrogens is 236 g/mol. The molecule has 2 unspecified atom stereocenters. The smallest absolute Gasteiger partial charge is 0.407 e. The fourth-order valence-electron chi connectivity index (χ4n) is 2.01. The van der Waals surface area contributed by atoms with Crippen molar-refractivity contribution in [1.82, 2.24) is 10.2 Å². The van der Waals surface area contributed by atoms with Gasteiger partial charge in [0.25, 0.3) is 0 Å². The number of hydrogen-bond acceptors (Lipinski definition) is 4. The van der Waals surface area contributed by atoms with Crippen LogP contribution in [0, 0.1) is 0 Å². The lowest BCUT2D eigenvalue weighted by atomic mass is 10.1. The van der Waals surface area contributed by atoms with Crippen molar-refractivity contribution in [3.8, 4) is 0 Å². The predicted molar refractivity (Wildman–Crippen MR) is 66.2 cm³/mol. The number of nitrogens with one attached hydrogen (secondary N) is 1. The van der Waals surface area contributed by atoms with Crippen LogP contribution in [-0.2, 0) is 14.3 Å². The first-order valence-corrected chi connectivity index (χ1v) is 6.26. The fourth-order valence-corrected chi connectivity index (χ4v) is 2.01. The molecule has 2 amide bonds. The summed E-state index contributed by atoms with van der Waals surface area (Å²) in [5.74, 6) is -0.102. The number of likely N-dealkylation sites (tertiary alicyclic amines) is 1. The second-order valence-electron chi connectivity index (χ2n) is 4.44. The second kappa shape index (κ2) is 7.20. The number of alkyl carbamates (subject to hydrolysis) is 1. The summed E-state index contributed by atoms with van der Waals surface area (Å²) >= 11 is 0. The maximum Gasteiger partial charge on any atom is 0.407 e. The van der Waals surface area contributed by atoms with Crippen molar-refractivity contribution in [1.29, 1.82) is 0 Å². The molecule has 0 bridgehead atoms. The summed E-state index contributed by atoms with van der Waals surface area (Å²) in [5.41, 5.74) is 0. The highest BCUT2D eigenvalue weighted by Crippen LogP contribution is 2.12. The van der Waals surface area contributed by atoms with Gasteiger partial charge >= 0.3 is 6.09 Å². The summed E-state index contributed by atoms with van der Waals surface area (Å²) in [6.07, 6.45) is 2.17. The number of ether oxygens (including phenoxy) is 2. The van der Waals surface area contributed by atoms with Gasteiger partial charge in [-0.3, -0.25) is 4.79 Å². The molecule has 1 fully saturated rings. The van der Waals surface area contributed by atoms with Crippen LogP contribution in [0.5, 0.6) is 0 Å². The van der Waals surface area contributed by atoms with Gasteiger partial charge in [0, 0.05) is 20.2 Å². The van der Waals surface area contributed by atoms with E-state index in [-0.39, 0.29) is 5.91 Å². The van der Waals surface area contributed by atoms with Gasteiger partial charge < -0.3 is 19.7 Å². The highest BCUT2D eigenvalue weighted by atomic mass is 16.5. The molecule has 18 heavy (non-hydrogen) atoms. The third-order valence-electron chi connectivity index (χ3n) is 3.23. The average Bonchev–Trinajstić information content (AvgIpc) is 2.43. The van der Waals surface area contributed by atoms with E-state index in [9.17, 15) is 9.59 Å². The van der Waals surface area contributed by atoms with E-state index in [1.807, 2.05) is 0 Å². The molecule has 104 valence electrons. The second-order valence-corrected chi connectivity index (χ2v) is 4.44. The summed E-state index contributed by atoms with van der Waals surface area (Å²) < 4.78 is 9.69. The van der Waals surface area contributed by atoms with Crippen molar-refractivity contribution < 1.29 is 19.1 Å². The lowest BCUT2D eigenvalue weighted by Crippen LogP contribution is -2.55. The van der Waals surface area contributed by atoms with Gasteiger partial charge in [0.15, 0.2) is 0 Å². The Hall–Kier alpha value is -1.30. The number of carbonyl (C=O) groups is 2. The van der Waals surface area contributed by atoms with Crippen LogP contribution in [0.15, 0.2) is 0 Å². The molecule has 1 heterocycles. The van der Waals surface area contributed by atoms with Crippen LogP contribution >= 0.6 is 0 Å². The molecule has 1 aliphatic heterocycles. The number of hydrogen-bond donors (Lipinski definition) is 1. The number of amides is 2. The first-order valence-electron chi connectivity index (χ1n) is 6.26. The van der Waals surface area contributed by atoms with Crippen molar-refractivity contribution in [2.45, 2.75) is 38.3 Å². The van der Waals surface area contributed by atoms with Gasteiger partial charge in [0.05, 0.1) is 13.2 Å². The minimum Gasteiger partial charge on any atom is -0.453 e. The number of nitrogens with zero attached hydrogens (tertiary/aromatic N) is 1. The molecule has 0 spiro atoms. The van der Waals surface area contributed by atoms with Crippen molar-refractivity contribution in [2.75, 3.05) is 27.3 Å². The quantitative estimate of drug-likeness (QED) is 0.808. The molecule has 1 N–H and O–H groups in total. The van der Waals surface area contributed by atoms with Crippen LogP contribution in [0.2, 0.25) is 0 Å². The van der Waals surface area contributed by atoms with Crippen molar-refractivity contribution in [3.63, 3.8) is 0 Å². The average molecular weight is 258 g/mol. The van der Waals surface area contributed by atoms with Crippen LogP contribution < -0.4 is 5.32 Å². The Balaban J connectivity index is 2.68. The standard InChI is InChI=1S/C12H22N2O4/c1-9(17-2)10(13-12(16)18-3)11(15)14-7-5-4-6-8-14/h9-10H,4-8H2,1-3H3,(H,13,16). The molecule has 2 atom stereocenters. The van der Waals surface area contributed by atoms with E-state index >= 15 is 0 Å². The SMILES string of the molecule is COC(=O)NC(C(=O)N1CCCCC1)C(C)OC. The van der Waals surface area contributed by atoms with Gasteiger partial charge in [-0.2, -0.15) is 0 Å². The molecule has 1 rings (SSSR count). The van der Waals surface area contributed by atoms with E-state index in [1.54, 1.807) is 11.8 Å². The Morgan fingerprint density at radius 1 is 1.17 bits per heavy atom. The van der Waals surface area contributed by atoms with Gasteiger partial charge in [-0.1, -0.05) is 0 Å². The van der Waals surface area contributed by atoms with Crippen molar-refractivity contribution in [2.24, 2.45) is 0 Å². The first-order chi connectivity index (χ1) is 8.60. The maximum atomic E-state index is 12.3. The zero-order chi connectivity index (χ0) is 13.5. The van der Waals surface area contributed by atoms with E-state index in [4.69, 9.17) is 4.74 Å². The van der Waals surface area contributed by atoms with Gasteiger partial charge in [-0.05, 0) is 26.2 Å². The van der Waals surface area contributed by atoms with E-state index in [0.29, 0.717) is 0 Å². The lowest BCUT2D eigenvalue weighted by molar-refractivity contribution is -0.137. The Morgan fingerprint density at radius 3 is 2.28 bits per heavy atom. The van der Waals surface area contributed by atoms with Crippen LogP contribution in [0.4, 0.5) is 4.79 Å². The lowest BCUT2D eigenvalue weighted by Gasteiger charge is -2.32. The molecule has 0 aliphatic carbocycles. The number of rotatable bonds is 4. The molecule has 6 heteroatoms. The molecule has 0 aromatic rings. The third kappa shape index (κ3) is 3.87. The third-order valence-corrected chi connectivity index (χ3v) is 3.23. The van der Waals surface area contributed by atoms with E-state index < -0.39 is 18.2 Å². The van der Waals surface area contributed by atoms with E-state index in [2.05, 4.69) is 10.1 Å². The van der Waals surface area contributed by atoms with Gasteiger partial charge in [0.1, 0.15) is 6.04 Å². The van der Waals surface area contributed by atoms with Gasteiger partial charge in [-0.15, -0.1) is 0 Å². The highest BCUT2D eigenvalue weighted by Gasteiger charge is 2.31. The Morgan fingerprint density at radius 2 is 1.78 bits per heavy atom. The van der Waals surface area contributed by atoms with Crippen molar-refractivity contribution in [3.05, 3.63) is 0 Å². The van der Waals surface area contributed by atoms with Crippen LogP contribution in [0.1, 0.15) is 26.2 Å². The number of piperidine rings is 1. The Labute approximate surface area is 108 Å². The largest absolute Gasteiger partial charge is 0.453 e. The van der Waals surface area contributed by atoms with Crippen LogP contribution in [0.25, 0.3) is 0 Å². The summed E-state index contributed by atoms with van der Waals surface area (Å²) in [4.78, 5) is 25.4. The molecule has 0 aromatic heterocycles. The summed E-state index contributed by atoms with van der Waals surface area (Å²) in [5, 5.41) is 2.54. The summed E-state index contributed by atoms with van der Waals surface area (Å²) in [6.45, 7) is 3.24. The molecule has 6 nitrogen and oxygen atoms in total. The minimum absolute atomic E-state index is 0.102. The first kappa shape index (κ1) is 14.8. The Bertz CT molecular complexity index is 290. The molecule has 0 radical (unpaired) electrons. The highest BCUT2D eigenvalue weighted by molar-refractivity contribution is 5.86. The zero-order valence-corrected chi connectivity index (χ0v) is 11.3. The fraction of sp³-hybridized carbons (Fsp3) is 0.833. The van der Waals surface area contributed by atoms with Gasteiger partial charge in [0.2, 0.25) is 5.91 Å². The molecule has 0 saturated carbocycles. The summed E-state index contributed by atoms with van der Waals surface area (Å²) in [7, 11) is 2.79. The minimum atomic E-state index is -0.694. The van der Waals surface area contributed by atoms with Crippen molar-refractivity contribution >= 4 is 12.0 Å².